The standard InChI is InChI=1S/C11H13F2NO/c12-7-3-1-4-8(13)10(7)11-9(14)5-2-6-15-11/h1,3-4,9,11H,2,5-6,14H2. The molecule has 15 heavy (non-hydrogen) atoms. The molecule has 0 radical (unpaired) electrons. The zero-order chi connectivity index (χ0) is 10.8. The fourth-order valence-electron chi connectivity index (χ4n) is 1.88. The van der Waals surface area contributed by atoms with Crippen molar-refractivity contribution in [1.29, 1.82) is 0 Å². The van der Waals surface area contributed by atoms with Gasteiger partial charge in [-0.3, -0.25) is 0 Å². The van der Waals surface area contributed by atoms with E-state index in [1.54, 1.807) is 0 Å². The summed E-state index contributed by atoms with van der Waals surface area (Å²) >= 11 is 0. The number of halogens is 2. The Hall–Kier alpha value is -1.00. The Morgan fingerprint density at radius 1 is 1.27 bits per heavy atom. The summed E-state index contributed by atoms with van der Waals surface area (Å²) in [6.45, 7) is 0.506. The molecule has 1 fully saturated rings. The predicted octanol–water partition coefficient (Wildman–Crippen LogP) is 2.14. The molecule has 1 aromatic carbocycles. The Morgan fingerprint density at radius 2 is 1.93 bits per heavy atom. The first-order valence-corrected chi connectivity index (χ1v) is 5.01. The first kappa shape index (κ1) is 10.5. The number of nitrogens with two attached hydrogens (primary N) is 1. The van der Waals surface area contributed by atoms with Crippen LogP contribution in [0.3, 0.4) is 0 Å². The second kappa shape index (κ2) is 4.24. The van der Waals surface area contributed by atoms with Crippen LogP contribution in [0.25, 0.3) is 0 Å². The highest BCUT2D eigenvalue weighted by Gasteiger charge is 2.29. The van der Waals surface area contributed by atoms with Crippen LogP contribution in [0.5, 0.6) is 0 Å². The van der Waals surface area contributed by atoms with Crippen LogP contribution < -0.4 is 5.73 Å². The summed E-state index contributed by atoms with van der Waals surface area (Å²) in [5.41, 5.74) is 5.75. The molecule has 0 aromatic heterocycles. The molecular weight excluding hydrogens is 200 g/mol. The average molecular weight is 213 g/mol. The van der Waals surface area contributed by atoms with E-state index in [0.717, 1.165) is 12.8 Å². The second-order valence-corrected chi connectivity index (χ2v) is 3.73. The van der Waals surface area contributed by atoms with Gasteiger partial charge in [0.15, 0.2) is 0 Å². The molecule has 2 atom stereocenters. The van der Waals surface area contributed by atoms with E-state index in [0.29, 0.717) is 6.61 Å². The number of hydrogen-bond acceptors (Lipinski definition) is 2. The third kappa shape index (κ3) is 2.01. The second-order valence-electron chi connectivity index (χ2n) is 3.73. The molecule has 1 aliphatic heterocycles. The van der Waals surface area contributed by atoms with Crippen molar-refractivity contribution >= 4 is 0 Å². The van der Waals surface area contributed by atoms with Gasteiger partial charge in [0.2, 0.25) is 0 Å². The first-order valence-electron chi connectivity index (χ1n) is 5.01. The topological polar surface area (TPSA) is 35.2 Å². The van der Waals surface area contributed by atoms with Crippen molar-refractivity contribution in [3.05, 3.63) is 35.4 Å². The smallest absolute Gasteiger partial charge is 0.132 e. The lowest BCUT2D eigenvalue weighted by atomic mass is 9.96. The van der Waals surface area contributed by atoms with Gasteiger partial charge >= 0.3 is 0 Å². The maximum Gasteiger partial charge on any atom is 0.132 e. The highest BCUT2D eigenvalue weighted by molar-refractivity contribution is 5.23. The lowest BCUT2D eigenvalue weighted by molar-refractivity contribution is -0.00403. The molecular formula is C11H13F2NO. The van der Waals surface area contributed by atoms with E-state index < -0.39 is 17.7 Å². The Balaban J connectivity index is 2.35. The summed E-state index contributed by atoms with van der Waals surface area (Å²) in [5, 5.41) is 0. The average Bonchev–Trinajstić information content (AvgIpc) is 2.20. The monoisotopic (exact) mass is 213 g/mol. The lowest BCUT2D eigenvalue weighted by Gasteiger charge is -2.29. The van der Waals surface area contributed by atoms with Gasteiger partial charge in [0, 0.05) is 12.6 Å². The molecule has 0 saturated carbocycles. The fraction of sp³-hybridized carbons (Fsp3) is 0.455. The minimum atomic E-state index is -0.653. The van der Waals surface area contributed by atoms with Crippen LogP contribution in [-0.2, 0) is 4.74 Å². The number of benzene rings is 1. The van der Waals surface area contributed by atoms with Crippen molar-refractivity contribution < 1.29 is 13.5 Å². The van der Waals surface area contributed by atoms with E-state index in [-0.39, 0.29) is 11.6 Å². The van der Waals surface area contributed by atoms with Crippen LogP contribution in [0.4, 0.5) is 8.78 Å². The molecule has 82 valence electrons. The molecule has 1 aliphatic rings. The zero-order valence-corrected chi connectivity index (χ0v) is 8.25. The molecule has 0 amide bonds. The molecule has 1 saturated heterocycles. The normalized spacial score (nSPS) is 26.6. The largest absolute Gasteiger partial charge is 0.372 e. The molecule has 0 aliphatic carbocycles. The van der Waals surface area contributed by atoms with E-state index in [1.807, 2.05) is 0 Å². The van der Waals surface area contributed by atoms with E-state index >= 15 is 0 Å². The van der Waals surface area contributed by atoms with Crippen molar-refractivity contribution in [2.45, 2.75) is 25.0 Å². The SMILES string of the molecule is NC1CCCOC1c1c(F)cccc1F. The van der Waals surface area contributed by atoms with Crippen LogP contribution in [-0.4, -0.2) is 12.6 Å². The van der Waals surface area contributed by atoms with Crippen LogP contribution in [0.2, 0.25) is 0 Å². The van der Waals surface area contributed by atoms with E-state index in [2.05, 4.69) is 0 Å². The summed E-state index contributed by atoms with van der Waals surface area (Å²) in [4.78, 5) is 0. The maximum atomic E-state index is 13.4. The van der Waals surface area contributed by atoms with Crippen LogP contribution >= 0.6 is 0 Å². The number of rotatable bonds is 1. The van der Waals surface area contributed by atoms with Crippen LogP contribution in [0.1, 0.15) is 24.5 Å². The van der Waals surface area contributed by atoms with Crippen LogP contribution in [0, 0.1) is 11.6 Å². The van der Waals surface area contributed by atoms with Gasteiger partial charge in [-0.25, -0.2) is 8.78 Å². The number of ether oxygens (including phenoxy) is 1. The van der Waals surface area contributed by atoms with Gasteiger partial charge in [0.25, 0.3) is 0 Å². The summed E-state index contributed by atoms with van der Waals surface area (Å²) in [5.74, 6) is -1.17. The van der Waals surface area contributed by atoms with Gasteiger partial charge < -0.3 is 10.5 Å². The molecule has 2 nitrogen and oxygen atoms in total. The summed E-state index contributed by atoms with van der Waals surface area (Å²) < 4.78 is 32.2. The summed E-state index contributed by atoms with van der Waals surface area (Å²) in [7, 11) is 0. The molecule has 0 bridgehead atoms. The minimum Gasteiger partial charge on any atom is -0.372 e. The molecule has 2 N–H and O–H groups in total. The van der Waals surface area contributed by atoms with Crippen molar-refractivity contribution in [3.8, 4) is 0 Å². The first-order chi connectivity index (χ1) is 7.20. The van der Waals surface area contributed by atoms with Crippen molar-refractivity contribution in [3.63, 3.8) is 0 Å². The summed E-state index contributed by atoms with van der Waals surface area (Å²) in [6.07, 6.45) is 0.923. The molecule has 1 heterocycles. The Morgan fingerprint density at radius 3 is 2.53 bits per heavy atom. The van der Waals surface area contributed by atoms with E-state index in [9.17, 15) is 8.78 Å². The van der Waals surface area contributed by atoms with E-state index in [1.165, 1.54) is 18.2 Å². The van der Waals surface area contributed by atoms with Gasteiger partial charge in [0.05, 0.1) is 5.56 Å². The van der Waals surface area contributed by atoms with Crippen LogP contribution in [0.15, 0.2) is 18.2 Å². The van der Waals surface area contributed by atoms with Gasteiger partial charge in [-0.05, 0) is 25.0 Å². The summed E-state index contributed by atoms with van der Waals surface area (Å²) in [6, 6.07) is 3.46. The Kier molecular flexibility index (Phi) is 2.98. The number of hydrogen-bond donors (Lipinski definition) is 1. The van der Waals surface area contributed by atoms with Gasteiger partial charge in [-0.1, -0.05) is 6.07 Å². The molecule has 2 unspecified atom stereocenters. The third-order valence-corrected chi connectivity index (χ3v) is 2.65. The molecule has 1 aromatic rings. The maximum absolute atomic E-state index is 13.4. The van der Waals surface area contributed by atoms with Gasteiger partial charge in [-0.2, -0.15) is 0 Å². The Labute approximate surface area is 87.0 Å². The van der Waals surface area contributed by atoms with Gasteiger partial charge in [-0.15, -0.1) is 0 Å². The van der Waals surface area contributed by atoms with Crippen molar-refractivity contribution in [1.82, 2.24) is 0 Å². The van der Waals surface area contributed by atoms with Crippen molar-refractivity contribution in [2.75, 3.05) is 6.61 Å². The lowest BCUT2D eigenvalue weighted by Crippen LogP contribution is -2.35. The molecule has 4 heteroatoms. The minimum absolute atomic E-state index is 0.0373. The zero-order valence-electron chi connectivity index (χ0n) is 8.25. The van der Waals surface area contributed by atoms with Crippen molar-refractivity contribution in [2.24, 2.45) is 5.73 Å². The Bertz CT molecular complexity index is 336. The predicted molar refractivity (Wildman–Crippen MR) is 52.3 cm³/mol. The van der Waals surface area contributed by atoms with E-state index in [4.69, 9.17) is 10.5 Å². The highest BCUT2D eigenvalue weighted by atomic mass is 19.1. The fourth-order valence-corrected chi connectivity index (χ4v) is 1.88. The highest BCUT2D eigenvalue weighted by Crippen LogP contribution is 2.30. The molecule has 2 rings (SSSR count). The molecule has 0 spiro atoms. The van der Waals surface area contributed by atoms with Gasteiger partial charge in [0.1, 0.15) is 17.7 Å². The quantitative estimate of drug-likeness (QED) is 0.775. The third-order valence-electron chi connectivity index (χ3n) is 2.65.